The quantitative estimate of drug-likeness (QED) is 0.805. The van der Waals surface area contributed by atoms with Gasteiger partial charge in [-0.05, 0) is 51.2 Å². The molecule has 3 rings (SSSR count). The number of carbonyl (C=O) groups is 3. The van der Waals surface area contributed by atoms with E-state index in [0.717, 1.165) is 36.1 Å². The number of amides is 1. The SMILES string of the molecule is CC1=C2C=CC(=O)C(C)=C2N(CCC2CCC(=O)CC2)C1=O. The molecule has 22 heavy (non-hydrogen) atoms. The molecule has 1 saturated carbocycles. The molecule has 2 aliphatic carbocycles. The lowest BCUT2D eigenvalue weighted by Gasteiger charge is -2.26. The Kier molecular flexibility index (Phi) is 3.85. The Labute approximate surface area is 130 Å². The first kappa shape index (κ1) is 14.9. The summed E-state index contributed by atoms with van der Waals surface area (Å²) in [6, 6.07) is 0. The molecule has 0 atom stereocenters. The Morgan fingerprint density at radius 3 is 2.41 bits per heavy atom. The fourth-order valence-corrected chi connectivity index (χ4v) is 3.56. The molecule has 0 unspecified atom stereocenters. The Morgan fingerprint density at radius 1 is 1.05 bits per heavy atom. The molecule has 0 aromatic carbocycles. The van der Waals surface area contributed by atoms with Crippen molar-refractivity contribution < 1.29 is 14.4 Å². The average molecular weight is 299 g/mol. The molecular formula is C18H21NO3. The number of nitrogens with zero attached hydrogens (tertiary/aromatic N) is 1. The van der Waals surface area contributed by atoms with Crippen LogP contribution in [-0.4, -0.2) is 28.9 Å². The lowest BCUT2D eigenvalue weighted by molar-refractivity contribution is -0.125. The van der Waals surface area contributed by atoms with Gasteiger partial charge in [-0.1, -0.05) is 0 Å². The van der Waals surface area contributed by atoms with Crippen molar-refractivity contribution in [1.82, 2.24) is 4.90 Å². The van der Waals surface area contributed by atoms with Crippen LogP contribution in [0.2, 0.25) is 0 Å². The highest BCUT2D eigenvalue weighted by molar-refractivity contribution is 6.11. The molecule has 0 aromatic heterocycles. The van der Waals surface area contributed by atoms with Crippen molar-refractivity contribution in [2.24, 2.45) is 5.92 Å². The van der Waals surface area contributed by atoms with Crippen molar-refractivity contribution in [1.29, 1.82) is 0 Å². The minimum Gasteiger partial charge on any atom is -0.308 e. The van der Waals surface area contributed by atoms with Gasteiger partial charge in [-0.25, -0.2) is 0 Å². The molecule has 1 fully saturated rings. The lowest BCUT2D eigenvalue weighted by Crippen LogP contribution is -2.30. The van der Waals surface area contributed by atoms with Crippen LogP contribution in [-0.2, 0) is 14.4 Å². The van der Waals surface area contributed by atoms with E-state index < -0.39 is 0 Å². The zero-order valence-electron chi connectivity index (χ0n) is 13.1. The van der Waals surface area contributed by atoms with Crippen LogP contribution in [0, 0.1) is 5.92 Å². The van der Waals surface area contributed by atoms with Gasteiger partial charge in [0.2, 0.25) is 0 Å². The molecule has 1 aliphatic heterocycles. The Hall–Kier alpha value is -1.97. The Morgan fingerprint density at radius 2 is 1.73 bits per heavy atom. The maximum Gasteiger partial charge on any atom is 0.254 e. The van der Waals surface area contributed by atoms with Crippen LogP contribution >= 0.6 is 0 Å². The summed E-state index contributed by atoms with van der Waals surface area (Å²) in [6.45, 7) is 4.25. The number of fused-ring (bicyclic) bond motifs is 1. The van der Waals surface area contributed by atoms with Gasteiger partial charge in [0.15, 0.2) is 5.78 Å². The summed E-state index contributed by atoms with van der Waals surface area (Å²) in [5.74, 6) is 0.852. The second kappa shape index (κ2) is 5.67. The van der Waals surface area contributed by atoms with Crippen LogP contribution in [0.5, 0.6) is 0 Å². The zero-order chi connectivity index (χ0) is 15.9. The highest BCUT2D eigenvalue weighted by Gasteiger charge is 2.35. The van der Waals surface area contributed by atoms with Crippen molar-refractivity contribution in [2.75, 3.05) is 6.54 Å². The summed E-state index contributed by atoms with van der Waals surface area (Å²) in [6.07, 6.45) is 7.40. The molecule has 0 spiro atoms. The van der Waals surface area contributed by atoms with Gasteiger partial charge in [-0.15, -0.1) is 0 Å². The smallest absolute Gasteiger partial charge is 0.254 e. The summed E-state index contributed by atoms with van der Waals surface area (Å²) < 4.78 is 0. The van der Waals surface area contributed by atoms with E-state index in [1.54, 1.807) is 24.0 Å². The Balaban J connectivity index is 1.74. The van der Waals surface area contributed by atoms with Gasteiger partial charge in [-0.2, -0.15) is 0 Å². The molecule has 3 aliphatic rings. The van der Waals surface area contributed by atoms with Crippen LogP contribution in [0.4, 0.5) is 0 Å². The number of carbonyl (C=O) groups excluding carboxylic acids is 3. The standard InChI is InChI=1S/C18H21NO3/c1-11-15-7-8-16(21)12(2)17(15)19(18(11)22)10-9-13-3-5-14(20)6-4-13/h7-8,13H,3-6,9-10H2,1-2H3. The first-order chi connectivity index (χ1) is 10.5. The first-order valence-electron chi connectivity index (χ1n) is 7.97. The van der Waals surface area contributed by atoms with Gasteiger partial charge < -0.3 is 4.90 Å². The average Bonchev–Trinajstić information content (AvgIpc) is 2.75. The molecule has 1 amide bonds. The van der Waals surface area contributed by atoms with Gasteiger partial charge in [0, 0.05) is 36.1 Å². The summed E-state index contributed by atoms with van der Waals surface area (Å²) in [5.41, 5.74) is 3.06. The topological polar surface area (TPSA) is 54.5 Å². The molecule has 0 N–H and O–H groups in total. The highest BCUT2D eigenvalue weighted by atomic mass is 16.2. The van der Waals surface area contributed by atoms with Crippen LogP contribution in [0.25, 0.3) is 0 Å². The van der Waals surface area contributed by atoms with E-state index in [0.29, 0.717) is 36.7 Å². The van der Waals surface area contributed by atoms with Crippen LogP contribution < -0.4 is 0 Å². The van der Waals surface area contributed by atoms with E-state index in [1.807, 2.05) is 6.92 Å². The van der Waals surface area contributed by atoms with Gasteiger partial charge in [0.1, 0.15) is 5.78 Å². The number of hydrogen-bond acceptors (Lipinski definition) is 3. The van der Waals surface area contributed by atoms with E-state index >= 15 is 0 Å². The number of allylic oxidation sites excluding steroid dienone is 3. The van der Waals surface area contributed by atoms with Gasteiger partial charge in [-0.3, -0.25) is 14.4 Å². The number of ketones is 2. The minimum absolute atomic E-state index is 0.00980. The monoisotopic (exact) mass is 299 g/mol. The fourth-order valence-electron chi connectivity index (χ4n) is 3.56. The van der Waals surface area contributed by atoms with Crippen molar-refractivity contribution >= 4 is 17.5 Å². The van der Waals surface area contributed by atoms with E-state index in [4.69, 9.17) is 0 Å². The van der Waals surface area contributed by atoms with E-state index in [-0.39, 0.29) is 11.7 Å². The maximum atomic E-state index is 12.5. The normalized spacial score (nSPS) is 23.0. The Bertz CT molecular complexity index is 641. The third kappa shape index (κ3) is 2.47. The molecule has 0 radical (unpaired) electrons. The van der Waals surface area contributed by atoms with Crippen LogP contribution in [0.1, 0.15) is 46.0 Å². The lowest BCUT2D eigenvalue weighted by atomic mass is 9.86. The van der Waals surface area contributed by atoms with Gasteiger partial charge in [0.25, 0.3) is 5.91 Å². The molecule has 1 heterocycles. The molecule has 4 nitrogen and oxygen atoms in total. The number of rotatable bonds is 3. The predicted octanol–water partition coefficient (Wildman–Crippen LogP) is 2.71. The summed E-state index contributed by atoms with van der Waals surface area (Å²) in [4.78, 5) is 37.4. The number of hydrogen-bond donors (Lipinski definition) is 0. The summed E-state index contributed by atoms with van der Waals surface area (Å²) >= 11 is 0. The number of Topliss-reactive ketones (excluding diaryl/α,β-unsaturated/α-hetero) is 1. The molecule has 0 bridgehead atoms. The first-order valence-corrected chi connectivity index (χ1v) is 7.97. The third-order valence-electron chi connectivity index (χ3n) is 5.04. The predicted molar refractivity (Wildman–Crippen MR) is 82.8 cm³/mol. The second-order valence-electron chi connectivity index (χ2n) is 6.44. The summed E-state index contributed by atoms with van der Waals surface area (Å²) in [5, 5.41) is 0. The molecule has 4 heteroatoms. The van der Waals surface area contributed by atoms with E-state index in [1.165, 1.54) is 0 Å². The second-order valence-corrected chi connectivity index (χ2v) is 6.44. The maximum absolute atomic E-state index is 12.5. The summed E-state index contributed by atoms with van der Waals surface area (Å²) in [7, 11) is 0. The van der Waals surface area contributed by atoms with Crippen molar-refractivity contribution in [3.8, 4) is 0 Å². The largest absolute Gasteiger partial charge is 0.308 e. The zero-order valence-corrected chi connectivity index (χ0v) is 13.1. The molecular weight excluding hydrogens is 278 g/mol. The minimum atomic E-state index is -0.0190. The highest BCUT2D eigenvalue weighted by Crippen LogP contribution is 2.36. The van der Waals surface area contributed by atoms with Crippen molar-refractivity contribution in [3.63, 3.8) is 0 Å². The molecule has 116 valence electrons. The van der Waals surface area contributed by atoms with Crippen LogP contribution in [0.15, 0.2) is 34.6 Å². The molecule has 0 aromatic rings. The van der Waals surface area contributed by atoms with Crippen LogP contribution in [0.3, 0.4) is 0 Å². The molecule has 0 saturated heterocycles. The van der Waals surface area contributed by atoms with E-state index in [2.05, 4.69) is 0 Å². The fraction of sp³-hybridized carbons (Fsp3) is 0.500. The van der Waals surface area contributed by atoms with Gasteiger partial charge >= 0.3 is 0 Å². The van der Waals surface area contributed by atoms with Crippen molar-refractivity contribution in [3.05, 3.63) is 34.6 Å². The third-order valence-corrected chi connectivity index (χ3v) is 5.04. The van der Waals surface area contributed by atoms with Crippen molar-refractivity contribution in [2.45, 2.75) is 46.0 Å². The van der Waals surface area contributed by atoms with Gasteiger partial charge in [0.05, 0.1) is 5.70 Å². The van der Waals surface area contributed by atoms with E-state index in [9.17, 15) is 14.4 Å².